The molecule has 1 saturated heterocycles. The number of urea groups is 1. The third-order valence-electron chi connectivity index (χ3n) is 4.30. The minimum atomic E-state index is -0.967. The average molecular weight is 298 g/mol. The Morgan fingerprint density at radius 1 is 1.33 bits per heavy atom. The average Bonchev–Trinajstić information content (AvgIpc) is 2.45. The Balaban J connectivity index is 1.98. The topological polar surface area (TPSA) is 78.9 Å². The van der Waals surface area contributed by atoms with Crippen LogP contribution in [-0.4, -0.2) is 53.3 Å². The number of morpholine rings is 1. The van der Waals surface area contributed by atoms with Gasteiger partial charge in [-0.1, -0.05) is 26.7 Å². The molecule has 6 heteroatoms. The number of nitrogens with zero attached hydrogens (tertiary/aromatic N) is 1. The van der Waals surface area contributed by atoms with Gasteiger partial charge in [-0.05, 0) is 25.2 Å². The van der Waals surface area contributed by atoms with Crippen molar-refractivity contribution < 1.29 is 19.4 Å². The molecule has 2 aliphatic rings. The Kier molecular flexibility index (Phi) is 5.45. The second kappa shape index (κ2) is 7.11. The lowest BCUT2D eigenvalue weighted by molar-refractivity contribution is -0.139. The zero-order chi connectivity index (χ0) is 15.4. The highest BCUT2D eigenvalue weighted by molar-refractivity contribution is 5.82. The zero-order valence-electron chi connectivity index (χ0n) is 12.9. The molecule has 0 radical (unpaired) electrons. The van der Waals surface area contributed by atoms with Crippen LogP contribution in [0.5, 0.6) is 0 Å². The SMILES string of the molecule is CC(C)C[C@H](NC(=O)N1CCOC2CCCCC21)C(=O)O. The first-order chi connectivity index (χ1) is 9.99. The summed E-state index contributed by atoms with van der Waals surface area (Å²) in [6.45, 7) is 4.99. The van der Waals surface area contributed by atoms with E-state index in [4.69, 9.17) is 4.74 Å². The number of aliphatic carboxylic acids is 1. The molecule has 120 valence electrons. The summed E-state index contributed by atoms with van der Waals surface area (Å²) in [5.74, 6) is -0.746. The maximum atomic E-state index is 12.4. The first-order valence-electron chi connectivity index (χ1n) is 7.90. The molecule has 0 spiro atoms. The first-order valence-corrected chi connectivity index (χ1v) is 7.90. The lowest BCUT2D eigenvalue weighted by Crippen LogP contribution is -2.59. The summed E-state index contributed by atoms with van der Waals surface area (Å²) in [7, 11) is 0. The van der Waals surface area contributed by atoms with E-state index in [1.807, 2.05) is 13.8 Å². The summed E-state index contributed by atoms with van der Waals surface area (Å²) in [5, 5.41) is 11.9. The number of ether oxygens (including phenoxy) is 1. The van der Waals surface area contributed by atoms with Crippen molar-refractivity contribution >= 4 is 12.0 Å². The van der Waals surface area contributed by atoms with Gasteiger partial charge in [0.1, 0.15) is 6.04 Å². The van der Waals surface area contributed by atoms with E-state index >= 15 is 0 Å². The van der Waals surface area contributed by atoms with Crippen molar-refractivity contribution in [1.82, 2.24) is 10.2 Å². The first kappa shape index (κ1) is 16.1. The number of hydrogen-bond acceptors (Lipinski definition) is 3. The molecule has 1 aliphatic heterocycles. The van der Waals surface area contributed by atoms with Crippen LogP contribution in [0.25, 0.3) is 0 Å². The summed E-state index contributed by atoms with van der Waals surface area (Å²) in [6.07, 6.45) is 4.74. The molecular formula is C15H26N2O4. The van der Waals surface area contributed by atoms with Gasteiger partial charge in [0, 0.05) is 6.54 Å². The fourth-order valence-corrected chi connectivity index (χ4v) is 3.27. The highest BCUT2D eigenvalue weighted by Gasteiger charge is 2.37. The summed E-state index contributed by atoms with van der Waals surface area (Å²) in [5.41, 5.74) is 0. The lowest BCUT2D eigenvalue weighted by atomic mass is 9.90. The Hall–Kier alpha value is -1.30. The van der Waals surface area contributed by atoms with Crippen molar-refractivity contribution in [3.8, 4) is 0 Å². The molecular weight excluding hydrogens is 272 g/mol. The molecule has 0 aromatic carbocycles. The molecule has 2 amide bonds. The van der Waals surface area contributed by atoms with Gasteiger partial charge < -0.3 is 20.1 Å². The molecule has 2 rings (SSSR count). The molecule has 6 nitrogen and oxygen atoms in total. The maximum absolute atomic E-state index is 12.4. The molecule has 0 bridgehead atoms. The molecule has 3 atom stereocenters. The summed E-state index contributed by atoms with van der Waals surface area (Å²) in [4.78, 5) is 25.5. The molecule has 0 aromatic rings. The quantitative estimate of drug-likeness (QED) is 0.830. The van der Waals surface area contributed by atoms with E-state index in [2.05, 4.69) is 5.32 Å². The molecule has 2 N–H and O–H groups in total. The highest BCUT2D eigenvalue weighted by atomic mass is 16.5. The van der Waals surface area contributed by atoms with Crippen LogP contribution in [0.15, 0.2) is 0 Å². The summed E-state index contributed by atoms with van der Waals surface area (Å²) >= 11 is 0. The minimum Gasteiger partial charge on any atom is -0.480 e. The molecule has 2 fully saturated rings. The Morgan fingerprint density at radius 3 is 2.71 bits per heavy atom. The maximum Gasteiger partial charge on any atom is 0.326 e. The zero-order valence-corrected chi connectivity index (χ0v) is 12.9. The van der Waals surface area contributed by atoms with E-state index < -0.39 is 12.0 Å². The number of carboxylic acid groups (broad SMARTS) is 1. The molecule has 1 aliphatic carbocycles. The smallest absolute Gasteiger partial charge is 0.326 e. The monoisotopic (exact) mass is 298 g/mol. The number of nitrogens with one attached hydrogen (secondary N) is 1. The van der Waals surface area contributed by atoms with Gasteiger partial charge in [-0.3, -0.25) is 0 Å². The number of carbonyl (C=O) groups is 2. The van der Waals surface area contributed by atoms with E-state index in [1.54, 1.807) is 4.90 Å². The number of hydrogen-bond donors (Lipinski definition) is 2. The van der Waals surface area contributed by atoms with E-state index in [9.17, 15) is 14.7 Å². The highest BCUT2D eigenvalue weighted by Crippen LogP contribution is 2.28. The Bertz CT molecular complexity index is 384. The largest absolute Gasteiger partial charge is 0.480 e. The van der Waals surface area contributed by atoms with Crippen LogP contribution in [0.4, 0.5) is 4.79 Å². The standard InChI is InChI=1S/C15H26N2O4/c1-10(2)9-11(14(18)19)16-15(20)17-7-8-21-13-6-4-3-5-12(13)17/h10-13H,3-9H2,1-2H3,(H,16,20)(H,18,19)/t11-,12?,13?/m0/s1. The van der Waals surface area contributed by atoms with Crippen LogP contribution in [0.3, 0.4) is 0 Å². The summed E-state index contributed by atoms with van der Waals surface area (Å²) < 4.78 is 5.74. The van der Waals surface area contributed by atoms with Crippen LogP contribution in [-0.2, 0) is 9.53 Å². The van der Waals surface area contributed by atoms with Gasteiger partial charge in [0.2, 0.25) is 0 Å². The van der Waals surface area contributed by atoms with Gasteiger partial charge in [-0.15, -0.1) is 0 Å². The van der Waals surface area contributed by atoms with Crippen LogP contribution < -0.4 is 5.32 Å². The van der Waals surface area contributed by atoms with Crippen LogP contribution in [0, 0.1) is 5.92 Å². The fourth-order valence-electron chi connectivity index (χ4n) is 3.27. The van der Waals surface area contributed by atoms with Gasteiger partial charge in [0.15, 0.2) is 0 Å². The van der Waals surface area contributed by atoms with Crippen molar-refractivity contribution in [3.05, 3.63) is 0 Å². The number of fused-ring (bicyclic) bond motifs is 1. The lowest BCUT2D eigenvalue weighted by Gasteiger charge is -2.43. The molecule has 21 heavy (non-hydrogen) atoms. The second-order valence-corrected chi connectivity index (χ2v) is 6.42. The summed E-state index contributed by atoms with van der Waals surface area (Å²) in [6, 6.07) is -0.980. The van der Waals surface area contributed by atoms with Crippen LogP contribution >= 0.6 is 0 Å². The molecule has 0 aromatic heterocycles. The van der Waals surface area contributed by atoms with Gasteiger partial charge >= 0.3 is 12.0 Å². The van der Waals surface area contributed by atoms with Gasteiger partial charge in [0.25, 0.3) is 0 Å². The predicted octanol–water partition coefficient (Wildman–Crippen LogP) is 1.84. The van der Waals surface area contributed by atoms with Crippen molar-refractivity contribution in [2.45, 2.75) is 64.1 Å². The number of carbonyl (C=O) groups excluding carboxylic acids is 1. The van der Waals surface area contributed by atoms with Gasteiger partial charge in [0.05, 0.1) is 18.8 Å². The second-order valence-electron chi connectivity index (χ2n) is 6.42. The van der Waals surface area contributed by atoms with Gasteiger partial charge in [-0.25, -0.2) is 9.59 Å². The van der Waals surface area contributed by atoms with E-state index in [0.29, 0.717) is 19.6 Å². The van der Waals surface area contributed by atoms with Crippen molar-refractivity contribution in [2.24, 2.45) is 5.92 Å². The fraction of sp³-hybridized carbons (Fsp3) is 0.867. The molecule has 2 unspecified atom stereocenters. The van der Waals surface area contributed by atoms with Crippen molar-refractivity contribution in [3.63, 3.8) is 0 Å². The Morgan fingerprint density at radius 2 is 2.05 bits per heavy atom. The third-order valence-corrected chi connectivity index (χ3v) is 4.30. The third kappa shape index (κ3) is 4.09. The molecule has 1 heterocycles. The Labute approximate surface area is 125 Å². The van der Waals surface area contributed by atoms with Crippen molar-refractivity contribution in [2.75, 3.05) is 13.2 Å². The minimum absolute atomic E-state index is 0.0981. The van der Waals surface area contributed by atoms with E-state index in [-0.39, 0.29) is 24.1 Å². The number of rotatable bonds is 4. The predicted molar refractivity (Wildman–Crippen MR) is 78.1 cm³/mol. The molecule has 1 saturated carbocycles. The van der Waals surface area contributed by atoms with Crippen LogP contribution in [0.1, 0.15) is 46.0 Å². The normalized spacial score (nSPS) is 27.1. The van der Waals surface area contributed by atoms with Crippen LogP contribution in [0.2, 0.25) is 0 Å². The number of amides is 2. The van der Waals surface area contributed by atoms with E-state index in [0.717, 1.165) is 25.7 Å². The van der Waals surface area contributed by atoms with Gasteiger partial charge in [-0.2, -0.15) is 0 Å². The van der Waals surface area contributed by atoms with Crippen molar-refractivity contribution in [1.29, 1.82) is 0 Å². The van der Waals surface area contributed by atoms with E-state index in [1.165, 1.54) is 0 Å². The number of carboxylic acids is 1.